The maximum absolute atomic E-state index is 13.7. The van der Waals surface area contributed by atoms with Crippen LogP contribution in [-0.4, -0.2) is 18.4 Å². The molecule has 0 fully saturated rings. The van der Waals surface area contributed by atoms with Gasteiger partial charge in [0.1, 0.15) is 11.5 Å². The van der Waals surface area contributed by atoms with Gasteiger partial charge in [0.25, 0.3) is 11.8 Å². The Morgan fingerprint density at radius 3 is 2.42 bits per heavy atom. The molecule has 0 aliphatic carbocycles. The normalized spacial score (nSPS) is 13.9. The lowest BCUT2D eigenvalue weighted by Crippen LogP contribution is -2.31. The summed E-state index contributed by atoms with van der Waals surface area (Å²) in [6.07, 6.45) is 1.60. The molecule has 2 amide bonds. The number of imide groups is 1. The smallest absolute Gasteiger partial charge is 0.272 e. The van der Waals surface area contributed by atoms with E-state index in [1.54, 1.807) is 6.26 Å². The molecule has 0 saturated heterocycles. The van der Waals surface area contributed by atoms with Crippen molar-refractivity contribution in [1.29, 1.82) is 0 Å². The average Bonchev–Trinajstić information content (AvgIpc) is 3.44. The SMILES string of the molecule is CCOc1ccc(C2=C(SCc3ccco3)C(=O)N(c3cccc4ccccc34)C2=O)cc1. The van der Waals surface area contributed by atoms with Crippen molar-refractivity contribution in [2.45, 2.75) is 12.7 Å². The summed E-state index contributed by atoms with van der Waals surface area (Å²) in [5, 5.41) is 1.82. The van der Waals surface area contributed by atoms with Gasteiger partial charge in [0.05, 0.1) is 34.8 Å². The van der Waals surface area contributed by atoms with Crippen LogP contribution in [0.2, 0.25) is 0 Å². The molecule has 164 valence electrons. The lowest BCUT2D eigenvalue weighted by atomic mass is 10.1. The van der Waals surface area contributed by atoms with Crippen molar-refractivity contribution in [2.24, 2.45) is 0 Å². The molecule has 5 nitrogen and oxygen atoms in total. The number of benzene rings is 3. The molecule has 2 heterocycles. The van der Waals surface area contributed by atoms with Crippen molar-refractivity contribution < 1.29 is 18.7 Å². The maximum atomic E-state index is 13.7. The van der Waals surface area contributed by atoms with Crippen LogP contribution >= 0.6 is 11.8 Å². The number of fused-ring (bicyclic) bond motifs is 1. The zero-order valence-corrected chi connectivity index (χ0v) is 18.8. The maximum Gasteiger partial charge on any atom is 0.272 e. The van der Waals surface area contributed by atoms with Crippen LogP contribution in [0.4, 0.5) is 5.69 Å². The standard InChI is InChI=1S/C27H21NO4S/c1-2-31-20-14-12-19(13-15-20)24-25(33-17-21-9-6-16-32-21)27(30)28(26(24)29)23-11-5-8-18-7-3-4-10-22(18)23/h3-16H,2,17H2,1H3. The minimum atomic E-state index is -0.331. The Hall–Kier alpha value is -3.77. The summed E-state index contributed by atoms with van der Waals surface area (Å²) < 4.78 is 11.0. The van der Waals surface area contributed by atoms with Crippen LogP contribution in [0.1, 0.15) is 18.2 Å². The van der Waals surface area contributed by atoms with Crippen LogP contribution in [0.5, 0.6) is 5.75 Å². The summed E-state index contributed by atoms with van der Waals surface area (Å²) in [6.45, 7) is 2.47. The van der Waals surface area contributed by atoms with Crippen LogP contribution in [0, 0.1) is 0 Å². The van der Waals surface area contributed by atoms with E-state index in [-0.39, 0.29) is 11.8 Å². The molecular weight excluding hydrogens is 434 g/mol. The molecule has 0 saturated carbocycles. The minimum absolute atomic E-state index is 0.322. The molecule has 0 radical (unpaired) electrons. The van der Waals surface area contributed by atoms with Crippen molar-refractivity contribution in [3.05, 3.63) is 101 Å². The minimum Gasteiger partial charge on any atom is -0.494 e. The van der Waals surface area contributed by atoms with E-state index in [2.05, 4.69) is 0 Å². The number of nitrogens with zero attached hydrogens (tertiary/aromatic N) is 1. The molecular formula is C27H21NO4S. The summed E-state index contributed by atoms with van der Waals surface area (Å²) in [5.41, 5.74) is 1.66. The van der Waals surface area contributed by atoms with Gasteiger partial charge in [-0.2, -0.15) is 0 Å². The Labute approximate surface area is 195 Å². The average molecular weight is 456 g/mol. The fourth-order valence-electron chi connectivity index (χ4n) is 3.94. The molecule has 0 bridgehead atoms. The number of furan rings is 1. The first kappa shape index (κ1) is 21.1. The molecule has 0 atom stereocenters. The van der Waals surface area contributed by atoms with Gasteiger partial charge in [0, 0.05) is 5.39 Å². The van der Waals surface area contributed by atoms with Gasteiger partial charge >= 0.3 is 0 Å². The van der Waals surface area contributed by atoms with Gasteiger partial charge in [0.2, 0.25) is 0 Å². The van der Waals surface area contributed by atoms with E-state index in [0.29, 0.717) is 39.8 Å². The second kappa shape index (κ2) is 9.00. The van der Waals surface area contributed by atoms with Crippen LogP contribution in [0.15, 0.2) is 94.4 Å². The lowest BCUT2D eigenvalue weighted by molar-refractivity contribution is -0.119. The first-order valence-electron chi connectivity index (χ1n) is 10.7. The summed E-state index contributed by atoms with van der Waals surface area (Å²) in [7, 11) is 0. The molecule has 1 aromatic heterocycles. The molecule has 5 rings (SSSR count). The second-order valence-electron chi connectivity index (χ2n) is 7.47. The Balaban J connectivity index is 1.58. The fraction of sp³-hybridized carbons (Fsp3) is 0.111. The highest BCUT2D eigenvalue weighted by Crippen LogP contribution is 2.41. The van der Waals surface area contributed by atoms with Gasteiger partial charge in [-0.25, -0.2) is 4.90 Å². The van der Waals surface area contributed by atoms with E-state index in [0.717, 1.165) is 16.5 Å². The lowest BCUT2D eigenvalue weighted by Gasteiger charge is -2.17. The molecule has 0 N–H and O–H groups in total. The first-order chi connectivity index (χ1) is 16.2. The first-order valence-corrected chi connectivity index (χ1v) is 11.6. The Bertz CT molecular complexity index is 1350. The summed E-state index contributed by atoms with van der Waals surface area (Å²) in [4.78, 5) is 29.1. The predicted octanol–water partition coefficient (Wildman–Crippen LogP) is 6.05. The van der Waals surface area contributed by atoms with Crippen LogP contribution in [0.3, 0.4) is 0 Å². The Morgan fingerprint density at radius 2 is 1.67 bits per heavy atom. The quantitative estimate of drug-likeness (QED) is 0.318. The highest BCUT2D eigenvalue weighted by molar-refractivity contribution is 8.03. The summed E-state index contributed by atoms with van der Waals surface area (Å²) in [5.74, 6) is 1.25. The van der Waals surface area contributed by atoms with Crippen molar-refractivity contribution in [3.8, 4) is 5.75 Å². The molecule has 1 aliphatic rings. The van der Waals surface area contributed by atoms with Crippen molar-refractivity contribution in [3.63, 3.8) is 0 Å². The molecule has 1 aliphatic heterocycles. The van der Waals surface area contributed by atoms with Crippen LogP contribution in [0.25, 0.3) is 16.3 Å². The van der Waals surface area contributed by atoms with E-state index < -0.39 is 0 Å². The molecule has 33 heavy (non-hydrogen) atoms. The predicted molar refractivity (Wildman–Crippen MR) is 131 cm³/mol. The largest absolute Gasteiger partial charge is 0.494 e. The molecule has 0 spiro atoms. The van der Waals surface area contributed by atoms with Gasteiger partial charge in [-0.15, -0.1) is 11.8 Å². The summed E-state index contributed by atoms with van der Waals surface area (Å²) >= 11 is 1.32. The monoisotopic (exact) mass is 455 g/mol. The van der Waals surface area contributed by atoms with Gasteiger partial charge in [0.15, 0.2) is 0 Å². The van der Waals surface area contributed by atoms with Crippen molar-refractivity contribution in [1.82, 2.24) is 0 Å². The number of carbonyl (C=O) groups excluding carboxylic acids is 2. The highest BCUT2D eigenvalue weighted by Gasteiger charge is 2.40. The van der Waals surface area contributed by atoms with Crippen LogP contribution < -0.4 is 9.64 Å². The number of hydrogen-bond acceptors (Lipinski definition) is 5. The zero-order valence-electron chi connectivity index (χ0n) is 18.0. The van der Waals surface area contributed by atoms with E-state index in [1.807, 2.05) is 85.8 Å². The van der Waals surface area contributed by atoms with Gasteiger partial charge < -0.3 is 9.15 Å². The topological polar surface area (TPSA) is 59.8 Å². The van der Waals surface area contributed by atoms with E-state index in [4.69, 9.17) is 9.15 Å². The number of hydrogen-bond donors (Lipinski definition) is 0. The molecule has 0 unspecified atom stereocenters. The van der Waals surface area contributed by atoms with Gasteiger partial charge in [-0.05, 0) is 48.2 Å². The third kappa shape index (κ3) is 3.94. The third-order valence-electron chi connectivity index (χ3n) is 5.44. The summed E-state index contributed by atoms with van der Waals surface area (Å²) in [6, 6.07) is 24.3. The highest BCUT2D eigenvalue weighted by atomic mass is 32.2. The number of rotatable bonds is 7. The fourth-order valence-corrected chi connectivity index (χ4v) is 4.96. The molecule has 4 aromatic rings. The Kier molecular flexibility index (Phi) is 5.75. The van der Waals surface area contributed by atoms with Crippen LogP contribution in [-0.2, 0) is 15.3 Å². The third-order valence-corrected chi connectivity index (χ3v) is 6.54. The second-order valence-corrected chi connectivity index (χ2v) is 8.46. The van der Waals surface area contributed by atoms with E-state index >= 15 is 0 Å². The molecule has 3 aromatic carbocycles. The number of thioether (sulfide) groups is 1. The zero-order chi connectivity index (χ0) is 22.8. The number of ether oxygens (including phenoxy) is 1. The van der Waals surface area contributed by atoms with E-state index in [1.165, 1.54) is 16.7 Å². The Morgan fingerprint density at radius 1 is 0.879 bits per heavy atom. The van der Waals surface area contributed by atoms with Gasteiger partial charge in [-0.3, -0.25) is 9.59 Å². The van der Waals surface area contributed by atoms with E-state index in [9.17, 15) is 9.59 Å². The number of carbonyl (C=O) groups is 2. The van der Waals surface area contributed by atoms with Gasteiger partial charge in [-0.1, -0.05) is 48.5 Å². The number of amides is 2. The number of anilines is 1. The van der Waals surface area contributed by atoms with Crippen molar-refractivity contribution >= 4 is 45.6 Å². The van der Waals surface area contributed by atoms with Crippen molar-refractivity contribution in [2.75, 3.05) is 11.5 Å². The molecule has 6 heteroatoms.